The van der Waals surface area contributed by atoms with Gasteiger partial charge in [0, 0.05) is 30.5 Å². The summed E-state index contributed by atoms with van der Waals surface area (Å²) in [4.78, 5) is 0.291. The van der Waals surface area contributed by atoms with Gasteiger partial charge < -0.3 is 9.67 Å². The van der Waals surface area contributed by atoms with Crippen molar-refractivity contribution in [3.05, 3.63) is 18.0 Å². The van der Waals surface area contributed by atoms with Crippen LogP contribution in [0.25, 0.3) is 0 Å². The van der Waals surface area contributed by atoms with Gasteiger partial charge in [-0.1, -0.05) is 0 Å². The number of sulfonamides is 1. The third kappa shape index (κ3) is 2.57. The van der Waals surface area contributed by atoms with Crippen molar-refractivity contribution in [1.29, 1.82) is 0 Å². The molecule has 19 heavy (non-hydrogen) atoms. The van der Waals surface area contributed by atoms with Crippen LogP contribution in [0.1, 0.15) is 45.3 Å². The molecule has 0 aliphatic carbocycles. The first-order valence-electron chi connectivity index (χ1n) is 6.71. The molecule has 2 heterocycles. The number of hydrogen-bond donors (Lipinski definition) is 1. The van der Waals surface area contributed by atoms with E-state index >= 15 is 0 Å². The first-order chi connectivity index (χ1) is 8.87. The lowest BCUT2D eigenvalue weighted by Crippen LogP contribution is -2.33. The van der Waals surface area contributed by atoms with E-state index in [-0.39, 0.29) is 18.7 Å². The molecule has 0 bridgehead atoms. The molecule has 5 nitrogen and oxygen atoms in total. The van der Waals surface area contributed by atoms with Gasteiger partial charge in [0.1, 0.15) is 4.90 Å². The van der Waals surface area contributed by atoms with E-state index in [4.69, 9.17) is 0 Å². The number of aliphatic hydroxyl groups excluding tert-OH is 1. The molecule has 1 fully saturated rings. The van der Waals surface area contributed by atoms with Gasteiger partial charge in [-0.2, -0.15) is 4.31 Å². The minimum atomic E-state index is -3.43. The molecule has 0 aromatic carbocycles. The molecule has 0 radical (unpaired) electrons. The second-order valence-corrected chi connectivity index (χ2v) is 7.32. The lowest BCUT2D eigenvalue weighted by atomic mass is 10.3. The fourth-order valence-corrected chi connectivity index (χ4v) is 4.40. The molecule has 1 aliphatic heterocycles. The highest BCUT2D eigenvalue weighted by Crippen LogP contribution is 2.28. The predicted octanol–water partition coefficient (Wildman–Crippen LogP) is 1.73. The fourth-order valence-electron chi connectivity index (χ4n) is 2.64. The summed E-state index contributed by atoms with van der Waals surface area (Å²) in [6.07, 6.45) is 3.46. The van der Waals surface area contributed by atoms with Gasteiger partial charge in [-0.05, 0) is 39.7 Å². The molecule has 1 aromatic rings. The standard InChI is InChI=1S/C13H22N2O3S/c1-10(2)14-8-13(7-12(14)9-16)19(17,18)15-6-4-5-11(15)3/h7-8,10-11,16H,4-6,9H2,1-3H3. The van der Waals surface area contributed by atoms with E-state index in [2.05, 4.69) is 0 Å². The summed E-state index contributed by atoms with van der Waals surface area (Å²) in [6, 6.07) is 1.77. The summed E-state index contributed by atoms with van der Waals surface area (Å²) < 4.78 is 28.5. The van der Waals surface area contributed by atoms with Crippen molar-refractivity contribution in [2.75, 3.05) is 6.54 Å². The molecule has 1 unspecified atom stereocenters. The molecule has 1 aliphatic rings. The average Bonchev–Trinajstić information content (AvgIpc) is 2.94. The summed E-state index contributed by atoms with van der Waals surface area (Å²) in [5.41, 5.74) is 0.639. The van der Waals surface area contributed by atoms with Crippen LogP contribution in [0.15, 0.2) is 17.2 Å². The molecule has 1 aromatic heterocycles. The van der Waals surface area contributed by atoms with E-state index in [1.54, 1.807) is 16.6 Å². The molecule has 1 N–H and O–H groups in total. The Balaban J connectivity index is 2.41. The molecule has 108 valence electrons. The lowest BCUT2D eigenvalue weighted by Gasteiger charge is -2.20. The van der Waals surface area contributed by atoms with E-state index in [9.17, 15) is 13.5 Å². The third-order valence-corrected chi connectivity index (χ3v) is 5.70. The first kappa shape index (κ1) is 14.6. The van der Waals surface area contributed by atoms with Crippen LogP contribution in [0.4, 0.5) is 0 Å². The van der Waals surface area contributed by atoms with Crippen molar-refractivity contribution in [1.82, 2.24) is 8.87 Å². The van der Waals surface area contributed by atoms with Crippen molar-refractivity contribution in [2.45, 2.75) is 57.2 Å². The van der Waals surface area contributed by atoms with Crippen molar-refractivity contribution in [2.24, 2.45) is 0 Å². The van der Waals surface area contributed by atoms with Crippen LogP contribution in [0.5, 0.6) is 0 Å². The number of aromatic nitrogens is 1. The van der Waals surface area contributed by atoms with Gasteiger partial charge in [0.15, 0.2) is 0 Å². The van der Waals surface area contributed by atoms with Crippen LogP contribution in [0.3, 0.4) is 0 Å². The molecule has 1 saturated heterocycles. The zero-order valence-corrected chi connectivity index (χ0v) is 12.5. The topological polar surface area (TPSA) is 62.5 Å². The smallest absolute Gasteiger partial charge is 0.244 e. The summed E-state index contributed by atoms with van der Waals surface area (Å²) in [6.45, 7) is 6.31. The van der Waals surface area contributed by atoms with Gasteiger partial charge in [-0.15, -0.1) is 0 Å². The minimum Gasteiger partial charge on any atom is -0.390 e. The Bertz CT molecular complexity index is 548. The Morgan fingerprint density at radius 2 is 2.16 bits per heavy atom. The first-order valence-corrected chi connectivity index (χ1v) is 8.15. The Hall–Kier alpha value is -0.850. The lowest BCUT2D eigenvalue weighted by molar-refractivity contribution is 0.268. The number of rotatable bonds is 4. The van der Waals surface area contributed by atoms with Gasteiger partial charge in [-0.3, -0.25) is 0 Å². The quantitative estimate of drug-likeness (QED) is 0.917. The number of nitrogens with zero attached hydrogens (tertiary/aromatic N) is 2. The van der Waals surface area contributed by atoms with Crippen LogP contribution < -0.4 is 0 Å². The zero-order valence-electron chi connectivity index (χ0n) is 11.7. The third-order valence-electron chi connectivity index (χ3n) is 3.72. The van der Waals surface area contributed by atoms with Gasteiger partial charge in [0.2, 0.25) is 10.0 Å². The maximum absolute atomic E-state index is 12.6. The zero-order chi connectivity index (χ0) is 14.2. The average molecular weight is 286 g/mol. The predicted molar refractivity (Wildman–Crippen MR) is 73.3 cm³/mol. The number of aliphatic hydroxyl groups is 1. The molecular formula is C13H22N2O3S. The molecule has 2 rings (SSSR count). The van der Waals surface area contributed by atoms with Crippen molar-refractivity contribution in [3.8, 4) is 0 Å². The van der Waals surface area contributed by atoms with Gasteiger partial charge in [-0.25, -0.2) is 8.42 Å². The van der Waals surface area contributed by atoms with E-state index in [1.807, 2.05) is 25.3 Å². The van der Waals surface area contributed by atoms with Gasteiger partial charge >= 0.3 is 0 Å². The normalized spacial score (nSPS) is 21.4. The van der Waals surface area contributed by atoms with E-state index in [0.717, 1.165) is 12.8 Å². The molecule has 0 spiro atoms. The SMILES string of the molecule is CC1CCCN1S(=O)(=O)c1cc(CO)n(C(C)C)c1. The van der Waals surface area contributed by atoms with E-state index < -0.39 is 10.0 Å². The van der Waals surface area contributed by atoms with Crippen LogP contribution in [-0.4, -0.2) is 35.0 Å². The second-order valence-electron chi connectivity index (χ2n) is 5.43. The minimum absolute atomic E-state index is 0.0602. The molecular weight excluding hydrogens is 264 g/mol. The maximum Gasteiger partial charge on any atom is 0.244 e. The Morgan fingerprint density at radius 1 is 1.47 bits per heavy atom. The highest BCUT2D eigenvalue weighted by Gasteiger charge is 2.33. The van der Waals surface area contributed by atoms with Crippen LogP contribution >= 0.6 is 0 Å². The Labute approximate surface area is 114 Å². The Morgan fingerprint density at radius 3 is 2.58 bits per heavy atom. The fraction of sp³-hybridized carbons (Fsp3) is 0.692. The van der Waals surface area contributed by atoms with E-state index in [0.29, 0.717) is 17.1 Å². The summed E-state index contributed by atoms with van der Waals surface area (Å²) in [5.74, 6) is 0. The van der Waals surface area contributed by atoms with Crippen LogP contribution in [0.2, 0.25) is 0 Å². The summed E-state index contributed by atoms with van der Waals surface area (Å²) in [7, 11) is -3.43. The largest absolute Gasteiger partial charge is 0.390 e. The summed E-state index contributed by atoms with van der Waals surface area (Å²) >= 11 is 0. The van der Waals surface area contributed by atoms with Crippen LogP contribution in [-0.2, 0) is 16.6 Å². The number of hydrogen-bond acceptors (Lipinski definition) is 3. The van der Waals surface area contributed by atoms with Gasteiger partial charge in [0.05, 0.1) is 6.61 Å². The monoisotopic (exact) mass is 286 g/mol. The van der Waals surface area contributed by atoms with Crippen molar-refractivity contribution >= 4 is 10.0 Å². The van der Waals surface area contributed by atoms with Crippen molar-refractivity contribution < 1.29 is 13.5 Å². The van der Waals surface area contributed by atoms with Crippen molar-refractivity contribution in [3.63, 3.8) is 0 Å². The van der Waals surface area contributed by atoms with Crippen LogP contribution in [0, 0.1) is 0 Å². The Kier molecular flexibility index (Phi) is 4.03. The summed E-state index contributed by atoms with van der Waals surface area (Å²) in [5, 5.41) is 9.33. The maximum atomic E-state index is 12.6. The molecule has 0 amide bonds. The highest BCUT2D eigenvalue weighted by molar-refractivity contribution is 7.89. The molecule has 6 heteroatoms. The second kappa shape index (κ2) is 5.26. The van der Waals surface area contributed by atoms with Gasteiger partial charge in [0.25, 0.3) is 0 Å². The van der Waals surface area contributed by atoms with E-state index in [1.165, 1.54) is 0 Å². The molecule has 1 atom stereocenters. The highest BCUT2D eigenvalue weighted by atomic mass is 32.2. The molecule has 0 saturated carbocycles.